The Kier molecular flexibility index (Phi) is 6.87. The number of nitrogens with zero attached hydrogens (tertiary/aromatic N) is 3. The van der Waals surface area contributed by atoms with E-state index < -0.39 is 5.60 Å². The van der Waals surface area contributed by atoms with E-state index in [2.05, 4.69) is 17.3 Å². The molecule has 0 saturated carbocycles. The second-order valence-corrected chi connectivity index (χ2v) is 6.65. The average molecular weight is 310 g/mol. The summed E-state index contributed by atoms with van der Waals surface area (Å²) in [6, 6.07) is 0.111. The van der Waals surface area contributed by atoms with E-state index in [1.54, 1.807) is 4.90 Å². The zero-order chi connectivity index (χ0) is 16.8. The molecule has 0 bridgehead atoms. The lowest BCUT2D eigenvalue weighted by Crippen LogP contribution is -2.44. The Hall–Kier alpha value is -1.56. The molecule has 22 heavy (non-hydrogen) atoms. The zero-order valence-corrected chi connectivity index (χ0v) is 14.7. The molecular weight excluding hydrogens is 280 g/mol. The number of ether oxygens (including phenoxy) is 1. The van der Waals surface area contributed by atoms with Crippen molar-refractivity contribution in [2.45, 2.75) is 66.3 Å². The van der Waals surface area contributed by atoms with Crippen LogP contribution in [-0.2, 0) is 17.8 Å². The lowest BCUT2D eigenvalue weighted by atomic mass is 10.2. The van der Waals surface area contributed by atoms with Crippen molar-refractivity contribution in [3.8, 4) is 0 Å². The third-order valence-corrected chi connectivity index (χ3v) is 3.12. The van der Waals surface area contributed by atoms with Gasteiger partial charge in [0.05, 0.1) is 6.20 Å². The largest absolute Gasteiger partial charge is 0.444 e. The van der Waals surface area contributed by atoms with Crippen molar-refractivity contribution in [2.75, 3.05) is 13.1 Å². The van der Waals surface area contributed by atoms with E-state index in [-0.39, 0.29) is 12.1 Å². The molecule has 0 aliphatic rings. The smallest absolute Gasteiger partial charge is 0.410 e. The predicted octanol–water partition coefficient (Wildman–Crippen LogP) is 2.64. The van der Waals surface area contributed by atoms with Crippen molar-refractivity contribution in [2.24, 2.45) is 0 Å². The number of rotatable bonds is 7. The van der Waals surface area contributed by atoms with Crippen LogP contribution in [0.5, 0.6) is 0 Å². The van der Waals surface area contributed by atoms with E-state index in [0.29, 0.717) is 13.1 Å². The topological polar surface area (TPSA) is 59.4 Å². The van der Waals surface area contributed by atoms with Gasteiger partial charge < -0.3 is 15.0 Å². The molecule has 6 heteroatoms. The van der Waals surface area contributed by atoms with Crippen LogP contribution < -0.4 is 5.32 Å². The maximum Gasteiger partial charge on any atom is 0.410 e. The maximum absolute atomic E-state index is 12.2. The molecule has 1 rings (SSSR count). The van der Waals surface area contributed by atoms with Gasteiger partial charge in [-0.1, -0.05) is 0 Å². The van der Waals surface area contributed by atoms with Crippen molar-refractivity contribution in [3.63, 3.8) is 0 Å². The molecule has 1 amide bonds. The summed E-state index contributed by atoms with van der Waals surface area (Å²) in [6.07, 6.45) is 3.63. The molecule has 6 nitrogen and oxygen atoms in total. The van der Waals surface area contributed by atoms with E-state index in [1.165, 1.54) is 0 Å². The molecule has 0 aliphatic carbocycles. The summed E-state index contributed by atoms with van der Waals surface area (Å²) < 4.78 is 7.34. The number of amides is 1. The van der Waals surface area contributed by atoms with Crippen LogP contribution in [0.4, 0.5) is 4.79 Å². The molecule has 1 aromatic rings. The van der Waals surface area contributed by atoms with Crippen molar-refractivity contribution < 1.29 is 9.53 Å². The van der Waals surface area contributed by atoms with Crippen LogP contribution in [0, 0.1) is 0 Å². The highest BCUT2D eigenvalue weighted by Crippen LogP contribution is 2.11. The Morgan fingerprint density at radius 1 is 1.45 bits per heavy atom. The molecule has 0 radical (unpaired) electrons. The summed E-state index contributed by atoms with van der Waals surface area (Å²) in [5.41, 5.74) is 0.682. The minimum absolute atomic E-state index is 0.111. The van der Waals surface area contributed by atoms with Crippen LogP contribution in [-0.4, -0.2) is 45.5 Å². The van der Waals surface area contributed by atoms with Crippen LogP contribution in [0.1, 0.15) is 47.1 Å². The first-order chi connectivity index (χ1) is 10.2. The summed E-state index contributed by atoms with van der Waals surface area (Å²) in [7, 11) is 0. The fraction of sp³-hybridized carbons (Fsp3) is 0.750. The number of aryl methyl sites for hydroxylation is 1. The summed E-state index contributed by atoms with van der Waals surface area (Å²) in [5, 5.41) is 7.58. The summed E-state index contributed by atoms with van der Waals surface area (Å²) in [4.78, 5) is 13.9. The first-order valence-electron chi connectivity index (χ1n) is 7.94. The number of hydrogen-bond donors (Lipinski definition) is 1. The second kappa shape index (κ2) is 8.17. The SMILES string of the molecule is CCn1cc(CNCCN(C(=O)OC(C)(C)C)C(C)C)cn1. The Morgan fingerprint density at radius 2 is 2.14 bits per heavy atom. The first kappa shape index (κ1) is 18.5. The average Bonchev–Trinajstić information content (AvgIpc) is 2.83. The Balaban J connectivity index is 2.39. The van der Waals surface area contributed by atoms with Crippen LogP contribution in [0.25, 0.3) is 0 Å². The van der Waals surface area contributed by atoms with Gasteiger partial charge in [-0.2, -0.15) is 5.10 Å². The molecule has 1 heterocycles. The standard InChI is InChI=1S/C16H30N4O2/c1-7-19-12-14(11-18-19)10-17-8-9-20(13(2)3)15(21)22-16(4,5)6/h11-13,17H,7-10H2,1-6H3. The third-order valence-electron chi connectivity index (χ3n) is 3.12. The molecule has 0 unspecified atom stereocenters. The molecule has 0 spiro atoms. The highest BCUT2D eigenvalue weighted by Gasteiger charge is 2.23. The third kappa shape index (κ3) is 6.47. The lowest BCUT2D eigenvalue weighted by molar-refractivity contribution is 0.0193. The monoisotopic (exact) mass is 310 g/mol. The van der Waals surface area contributed by atoms with Crippen molar-refractivity contribution >= 4 is 6.09 Å². The van der Waals surface area contributed by atoms with Crippen LogP contribution in [0.2, 0.25) is 0 Å². The van der Waals surface area contributed by atoms with Crippen LogP contribution in [0.3, 0.4) is 0 Å². The number of nitrogens with one attached hydrogen (secondary N) is 1. The fourth-order valence-corrected chi connectivity index (χ4v) is 1.98. The molecule has 1 N–H and O–H groups in total. The van der Waals surface area contributed by atoms with E-state index in [9.17, 15) is 4.79 Å². The molecule has 126 valence electrons. The number of hydrogen-bond acceptors (Lipinski definition) is 4. The normalized spacial score (nSPS) is 11.8. The fourth-order valence-electron chi connectivity index (χ4n) is 1.98. The molecule has 0 aliphatic heterocycles. The van der Waals surface area contributed by atoms with E-state index in [4.69, 9.17) is 4.74 Å². The first-order valence-corrected chi connectivity index (χ1v) is 7.94. The summed E-state index contributed by atoms with van der Waals surface area (Å²) >= 11 is 0. The van der Waals surface area contributed by atoms with Crippen LogP contribution >= 0.6 is 0 Å². The highest BCUT2D eigenvalue weighted by atomic mass is 16.6. The summed E-state index contributed by atoms with van der Waals surface area (Å²) in [6.45, 7) is 14.7. The lowest BCUT2D eigenvalue weighted by Gasteiger charge is -2.30. The zero-order valence-electron chi connectivity index (χ0n) is 14.7. The minimum atomic E-state index is -0.466. The van der Waals surface area contributed by atoms with Gasteiger partial charge in [0.1, 0.15) is 5.60 Å². The minimum Gasteiger partial charge on any atom is -0.444 e. The number of carbonyl (C=O) groups is 1. The van der Waals surface area contributed by atoms with Gasteiger partial charge >= 0.3 is 6.09 Å². The Labute approximate surface area is 133 Å². The maximum atomic E-state index is 12.2. The molecular formula is C16H30N4O2. The van der Waals surface area contributed by atoms with Crippen molar-refractivity contribution in [1.82, 2.24) is 20.0 Å². The van der Waals surface area contributed by atoms with E-state index in [0.717, 1.165) is 18.7 Å². The van der Waals surface area contributed by atoms with Crippen molar-refractivity contribution in [3.05, 3.63) is 18.0 Å². The predicted molar refractivity (Wildman–Crippen MR) is 87.7 cm³/mol. The summed E-state index contributed by atoms with van der Waals surface area (Å²) in [5.74, 6) is 0. The van der Waals surface area contributed by atoms with Crippen molar-refractivity contribution in [1.29, 1.82) is 0 Å². The molecule has 1 aromatic heterocycles. The highest BCUT2D eigenvalue weighted by molar-refractivity contribution is 5.68. The van der Waals surface area contributed by atoms with Gasteiger partial charge in [-0.15, -0.1) is 0 Å². The van der Waals surface area contributed by atoms with Crippen LogP contribution in [0.15, 0.2) is 12.4 Å². The van der Waals surface area contributed by atoms with Gasteiger partial charge in [-0.25, -0.2) is 4.79 Å². The Morgan fingerprint density at radius 3 is 2.64 bits per heavy atom. The van der Waals surface area contributed by atoms with Gasteiger partial charge in [0, 0.05) is 44.0 Å². The van der Waals surface area contributed by atoms with Gasteiger partial charge in [0.15, 0.2) is 0 Å². The van der Waals surface area contributed by atoms with E-state index >= 15 is 0 Å². The number of aromatic nitrogens is 2. The molecule has 0 atom stereocenters. The Bertz CT molecular complexity index is 463. The second-order valence-electron chi connectivity index (χ2n) is 6.65. The quantitative estimate of drug-likeness (QED) is 0.787. The number of carbonyl (C=O) groups excluding carboxylic acids is 1. The van der Waals surface area contributed by atoms with Gasteiger partial charge in [0.25, 0.3) is 0 Å². The van der Waals surface area contributed by atoms with E-state index in [1.807, 2.05) is 51.7 Å². The molecule has 0 aromatic carbocycles. The van der Waals surface area contributed by atoms with Gasteiger partial charge in [0.2, 0.25) is 0 Å². The van der Waals surface area contributed by atoms with Gasteiger partial charge in [-0.3, -0.25) is 4.68 Å². The van der Waals surface area contributed by atoms with Gasteiger partial charge in [-0.05, 0) is 41.5 Å². The molecule has 0 fully saturated rings. The molecule has 0 saturated heterocycles.